The molecule has 0 aromatic rings. The Hall–Kier alpha value is -1.46. The molecule has 0 aliphatic carbocycles. The van der Waals surface area contributed by atoms with Gasteiger partial charge in [-0.05, 0) is 0 Å². The van der Waals surface area contributed by atoms with Crippen molar-refractivity contribution in [2.24, 2.45) is 0 Å². The van der Waals surface area contributed by atoms with E-state index in [4.69, 9.17) is 10.2 Å². The van der Waals surface area contributed by atoms with Crippen molar-refractivity contribution in [1.82, 2.24) is 12.3 Å². The lowest BCUT2D eigenvalue weighted by atomic mass is 10.8. The molecular weight excluding hydrogens is 204 g/mol. The fourth-order valence-corrected chi connectivity index (χ4v) is 0. The minimum Gasteiger partial charge on any atom is -0.394 e. The standard InChI is InChI=1S/C2H6O2.5C2H4.2H3N/c3-1-2-4;5*1-2;;/h3-4H,1-2H2;5*1-2H2;2*1H3. The molecule has 4 heteroatoms. The minimum absolute atomic E-state index is 0. The first kappa shape index (κ1) is 62.3. The van der Waals surface area contributed by atoms with Crippen molar-refractivity contribution in [2.75, 3.05) is 13.2 Å². The van der Waals surface area contributed by atoms with Crippen LogP contribution in [0.25, 0.3) is 0 Å². The van der Waals surface area contributed by atoms with Crippen molar-refractivity contribution < 1.29 is 10.2 Å². The lowest BCUT2D eigenvalue weighted by Gasteiger charge is -1.70. The first-order valence-corrected chi connectivity index (χ1v) is 3.63. The summed E-state index contributed by atoms with van der Waals surface area (Å²) in [5, 5.41) is 15.2. The SMILES string of the molecule is C=C.C=C.C=C.C=C.C=C.N.N.OCCO. The maximum atomic E-state index is 7.62. The van der Waals surface area contributed by atoms with Crippen LogP contribution < -0.4 is 12.3 Å². The molecule has 0 aromatic carbocycles. The van der Waals surface area contributed by atoms with Crippen LogP contribution in [0.2, 0.25) is 0 Å². The molecule has 0 aromatic heterocycles. The number of hydrogen-bond acceptors (Lipinski definition) is 4. The molecule has 8 N–H and O–H groups in total. The molecular formula is C12H32N2O2. The molecule has 0 atom stereocenters. The van der Waals surface area contributed by atoms with Crippen molar-refractivity contribution in [2.45, 2.75) is 0 Å². The van der Waals surface area contributed by atoms with E-state index in [0.29, 0.717) is 0 Å². The fraction of sp³-hybridized carbons (Fsp3) is 0.167. The summed E-state index contributed by atoms with van der Waals surface area (Å²) in [5.74, 6) is 0. The molecule has 0 fully saturated rings. The molecule has 0 saturated carbocycles. The molecule has 0 aliphatic heterocycles. The summed E-state index contributed by atoms with van der Waals surface area (Å²) in [6.07, 6.45) is 0. The zero-order chi connectivity index (χ0) is 13.4. The summed E-state index contributed by atoms with van der Waals surface area (Å²) in [5.41, 5.74) is 0. The quantitative estimate of drug-likeness (QED) is 0.523. The topological polar surface area (TPSA) is 110 Å². The second kappa shape index (κ2) is 7300. The normalized spacial score (nSPS) is 3.12. The van der Waals surface area contributed by atoms with Gasteiger partial charge in [-0.25, -0.2) is 0 Å². The Bertz CT molecular complexity index is 42.7. The van der Waals surface area contributed by atoms with Gasteiger partial charge in [0.2, 0.25) is 0 Å². The molecule has 102 valence electrons. The maximum Gasteiger partial charge on any atom is 0.0662 e. The predicted molar refractivity (Wildman–Crippen MR) is 80.5 cm³/mol. The second-order valence-electron chi connectivity index (χ2n) is 0.447. The zero-order valence-corrected chi connectivity index (χ0v) is 10.8. The van der Waals surface area contributed by atoms with Gasteiger partial charge in [-0.3, -0.25) is 0 Å². The zero-order valence-electron chi connectivity index (χ0n) is 10.8. The van der Waals surface area contributed by atoms with Crippen molar-refractivity contribution in [3.63, 3.8) is 0 Å². The van der Waals surface area contributed by atoms with Crippen molar-refractivity contribution in [1.29, 1.82) is 0 Å². The van der Waals surface area contributed by atoms with E-state index in [-0.39, 0.29) is 25.5 Å². The van der Waals surface area contributed by atoms with Crippen LogP contribution in [-0.2, 0) is 0 Å². The average molecular weight is 236 g/mol. The highest BCUT2D eigenvalue weighted by Gasteiger charge is 1.58. The monoisotopic (exact) mass is 236 g/mol. The van der Waals surface area contributed by atoms with E-state index in [9.17, 15) is 0 Å². The van der Waals surface area contributed by atoms with E-state index in [1.54, 1.807) is 0 Å². The van der Waals surface area contributed by atoms with Crippen molar-refractivity contribution in [3.8, 4) is 0 Å². The van der Waals surface area contributed by atoms with E-state index in [0.717, 1.165) is 0 Å². The minimum atomic E-state index is -0.125. The van der Waals surface area contributed by atoms with Gasteiger partial charge < -0.3 is 22.5 Å². The number of aliphatic hydroxyl groups excluding tert-OH is 2. The van der Waals surface area contributed by atoms with E-state index in [1.807, 2.05) is 0 Å². The Labute approximate surface area is 102 Å². The van der Waals surface area contributed by atoms with Gasteiger partial charge >= 0.3 is 0 Å². The first-order valence-electron chi connectivity index (χ1n) is 3.63. The Kier molecular flexibility index (Phi) is 28400. The molecule has 0 aliphatic rings. The van der Waals surface area contributed by atoms with Crippen LogP contribution in [-0.4, -0.2) is 23.4 Å². The summed E-state index contributed by atoms with van der Waals surface area (Å²) in [6, 6.07) is 0. The molecule has 0 amide bonds. The van der Waals surface area contributed by atoms with Gasteiger partial charge in [0.15, 0.2) is 0 Å². The second-order valence-corrected chi connectivity index (χ2v) is 0.447. The van der Waals surface area contributed by atoms with Gasteiger partial charge in [0.05, 0.1) is 13.2 Å². The molecule has 0 spiro atoms. The largest absolute Gasteiger partial charge is 0.394 e. The Balaban J connectivity index is -0.00000000810. The predicted octanol–water partition coefficient (Wildman–Crippen LogP) is 3.31. The van der Waals surface area contributed by atoms with Crippen LogP contribution in [0.3, 0.4) is 0 Å². The Morgan fingerprint density at radius 3 is 0.500 bits per heavy atom. The lowest BCUT2D eigenvalue weighted by Crippen LogP contribution is -1.85. The first-order chi connectivity index (χ1) is 6.91. The van der Waals surface area contributed by atoms with Gasteiger partial charge in [-0.15, -0.1) is 65.8 Å². The van der Waals surface area contributed by atoms with E-state index < -0.39 is 0 Å². The summed E-state index contributed by atoms with van der Waals surface area (Å²) in [6.45, 7) is 29.8. The van der Waals surface area contributed by atoms with Gasteiger partial charge in [0.25, 0.3) is 0 Å². The van der Waals surface area contributed by atoms with Crippen LogP contribution in [0.5, 0.6) is 0 Å². The maximum absolute atomic E-state index is 7.62. The van der Waals surface area contributed by atoms with E-state index in [1.165, 1.54) is 0 Å². The highest BCUT2D eigenvalue weighted by molar-refractivity contribution is 4.23. The third kappa shape index (κ3) is 7890. The molecule has 0 heterocycles. The Morgan fingerprint density at radius 2 is 0.500 bits per heavy atom. The van der Waals surface area contributed by atoms with Gasteiger partial charge in [-0.2, -0.15) is 0 Å². The highest BCUT2D eigenvalue weighted by Crippen LogP contribution is 1.39. The van der Waals surface area contributed by atoms with Crippen molar-refractivity contribution >= 4 is 0 Å². The Morgan fingerprint density at radius 1 is 0.438 bits per heavy atom. The summed E-state index contributed by atoms with van der Waals surface area (Å²) in [7, 11) is 0. The number of rotatable bonds is 1. The van der Waals surface area contributed by atoms with Crippen LogP contribution in [0.1, 0.15) is 0 Å². The van der Waals surface area contributed by atoms with Crippen LogP contribution in [0.15, 0.2) is 65.8 Å². The molecule has 0 unspecified atom stereocenters. The van der Waals surface area contributed by atoms with E-state index in [2.05, 4.69) is 65.8 Å². The van der Waals surface area contributed by atoms with Crippen LogP contribution in [0, 0.1) is 0 Å². The molecule has 0 bridgehead atoms. The van der Waals surface area contributed by atoms with Gasteiger partial charge in [0.1, 0.15) is 0 Å². The van der Waals surface area contributed by atoms with Gasteiger partial charge in [-0.1, -0.05) is 0 Å². The molecule has 16 heavy (non-hydrogen) atoms. The summed E-state index contributed by atoms with van der Waals surface area (Å²) >= 11 is 0. The van der Waals surface area contributed by atoms with Gasteiger partial charge in [0, 0.05) is 0 Å². The average Bonchev–Trinajstić information content (AvgIpc) is 2.41. The highest BCUT2D eigenvalue weighted by atomic mass is 16.3. The summed E-state index contributed by atoms with van der Waals surface area (Å²) < 4.78 is 0. The third-order valence-electron chi connectivity index (χ3n) is 0.1000. The van der Waals surface area contributed by atoms with Crippen molar-refractivity contribution in [3.05, 3.63) is 65.8 Å². The smallest absolute Gasteiger partial charge is 0.0662 e. The molecule has 4 nitrogen and oxygen atoms in total. The number of aliphatic hydroxyl groups is 2. The summed E-state index contributed by atoms with van der Waals surface area (Å²) in [4.78, 5) is 0. The van der Waals surface area contributed by atoms with E-state index >= 15 is 0 Å². The number of hydrogen-bond donors (Lipinski definition) is 4. The molecule has 0 rings (SSSR count). The molecule has 0 radical (unpaired) electrons. The molecule has 0 saturated heterocycles. The fourth-order valence-electron chi connectivity index (χ4n) is 0. The lowest BCUT2D eigenvalue weighted by molar-refractivity contribution is 0.186. The third-order valence-corrected chi connectivity index (χ3v) is 0.1000. The van der Waals surface area contributed by atoms with Crippen LogP contribution >= 0.6 is 0 Å². The van der Waals surface area contributed by atoms with Crippen LogP contribution in [0.4, 0.5) is 0 Å².